The zero-order valence-corrected chi connectivity index (χ0v) is 15.9. The molecule has 2 rings (SSSR count). The molecule has 1 unspecified atom stereocenters. The van der Waals surface area contributed by atoms with Gasteiger partial charge in [0.2, 0.25) is 0 Å². The van der Waals surface area contributed by atoms with Gasteiger partial charge in [-0.1, -0.05) is 49.3 Å². The summed E-state index contributed by atoms with van der Waals surface area (Å²) >= 11 is 0. The van der Waals surface area contributed by atoms with Crippen molar-refractivity contribution in [3.8, 4) is 0 Å². The molecule has 1 amide bonds. The molecule has 0 aliphatic rings. The number of nitrogens with zero attached hydrogens (tertiary/aromatic N) is 3. The Hall–Kier alpha value is -2.14. The van der Waals surface area contributed by atoms with E-state index in [1.165, 1.54) is 5.56 Å². The molecule has 1 aromatic carbocycles. The first-order chi connectivity index (χ1) is 11.9. The van der Waals surface area contributed by atoms with Gasteiger partial charge in [0, 0.05) is 25.7 Å². The van der Waals surface area contributed by atoms with E-state index in [-0.39, 0.29) is 11.9 Å². The number of benzene rings is 1. The number of hydrogen-bond donors (Lipinski definition) is 0. The summed E-state index contributed by atoms with van der Waals surface area (Å²) in [7, 11) is 3.85. The van der Waals surface area contributed by atoms with Gasteiger partial charge >= 0.3 is 0 Å². The van der Waals surface area contributed by atoms with Crippen LogP contribution in [-0.4, -0.2) is 47.5 Å². The van der Waals surface area contributed by atoms with Crippen LogP contribution in [0.25, 0.3) is 0 Å². The Balaban J connectivity index is 1.89. The van der Waals surface area contributed by atoms with E-state index < -0.39 is 0 Å². The van der Waals surface area contributed by atoms with Crippen LogP contribution in [0.3, 0.4) is 0 Å². The minimum atomic E-state index is -0.0943. The quantitative estimate of drug-likeness (QED) is 0.736. The van der Waals surface area contributed by atoms with Crippen molar-refractivity contribution in [1.82, 2.24) is 15.0 Å². The molecule has 1 atom stereocenters. The molecule has 5 nitrogen and oxygen atoms in total. The van der Waals surface area contributed by atoms with Crippen LogP contribution >= 0.6 is 0 Å². The normalized spacial score (nSPS) is 12.6. The van der Waals surface area contributed by atoms with E-state index in [4.69, 9.17) is 4.52 Å². The Bertz CT molecular complexity index is 667. The molecule has 25 heavy (non-hydrogen) atoms. The van der Waals surface area contributed by atoms with Gasteiger partial charge in [-0.2, -0.15) is 0 Å². The van der Waals surface area contributed by atoms with E-state index in [0.717, 1.165) is 13.0 Å². The fourth-order valence-electron chi connectivity index (χ4n) is 2.61. The highest BCUT2D eigenvalue weighted by atomic mass is 16.5. The Kier molecular flexibility index (Phi) is 6.76. The van der Waals surface area contributed by atoms with Gasteiger partial charge in [0.1, 0.15) is 0 Å². The lowest BCUT2D eigenvalue weighted by molar-refractivity contribution is 0.0696. The maximum Gasteiger partial charge on any atom is 0.276 e. The first-order valence-corrected chi connectivity index (χ1v) is 8.83. The summed E-state index contributed by atoms with van der Waals surface area (Å²) in [6.07, 6.45) is 0.978. The van der Waals surface area contributed by atoms with Crippen molar-refractivity contribution in [3.63, 3.8) is 0 Å². The number of rotatable bonds is 8. The van der Waals surface area contributed by atoms with Gasteiger partial charge in [-0.25, -0.2) is 0 Å². The van der Waals surface area contributed by atoms with Crippen molar-refractivity contribution < 1.29 is 9.32 Å². The summed E-state index contributed by atoms with van der Waals surface area (Å²) in [6.45, 7) is 7.80. The molecule has 0 saturated carbocycles. The molecule has 1 heterocycles. The molecule has 136 valence electrons. The van der Waals surface area contributed by atoms with E-state index in [1.54, 1.807) is 11.0 Å². The molecule has 5 heteroatoms. The summed E-state index contributed by atoms with van der Waals surface area (Å²) in [5.41, 5.74) is 1.69. The Morgan fingerprint density at radius 3 is 2.48 bits per heavy atom. The smallest absolute Gasteiger partial charge is 0.276 e. The molecule has 0 saturated heterocycles. The van der Waals surface area contributed by atoms with Crippen molar-refractivity contribution >= 4 is 5.91 Å². The topological polar surface area (TPSA) is 49.6 Å². The lowest BCUT2D eigenvalue weighted by Gasteiger charge is -2.27. The number of amides is 1. The molecule has 0 aliphatic heterocycles. The second-order valence-electron chi connectivity index (χ2n) is 7.05. The second-order valence-corrected chi connectivity index (χ2v) is 7.05. The van der Waals surface area contributed by atoms with Crippen molar-refractivity contribution in [2.45, 2.75) is 39.8 Å². The largest absolute Gasteiger partial charge is 0.359 e. The van der Waals surface area contributed by atoms with Gasteiger partial charge in [0.25, 0.3) is 5.91 Å². The van der Waals surface area contributed by atoms with Crippen LogP contribution in [0.1, 0.15) is 42.6 Å². The fourth-order valence-corrected chi connectivity index (χ4v) is 2.61. The lowest BCUT2D eigenvalue weighted by atomic mass is 10.1. The molecular weight excluding hydrogens is 314 g/mol. The van der Waals surface area contributed by atoms with E-state index >= 15 is 0 Å². The summed E-state index contributed by atoms with van der Waals surface area (Å²) in [4.78, 5) is 16.4. The highest BCUT2D eigenvalue weighted by molar-refractivity contribution is 5.92. The SMILES string of the molecule is CC(C)C(C)N(C)C(=O)c1cc(CN(C)CCc2ccccc2)on1. The number of carbonyl (C=O) groups excluding carboxylic acids is 1. The van der Waals surface area contributed by atoms with Gasteiger partial charge < -0.3 is 9.42 Å². The van der Waals surface area contributed by atoms with E-state index in [9.17, 15) is 4.79 Å². The summed E-state index contributed by atoms with van der Waals surface area (Å²) in [6, 6.07) is 12.3. The predicted molar refractivity (Wildman–Crippen MR) is 99.4 cm³/mol. The first kappa shape index (κ1) is 19.2. The van der Waals surface area contributed by atoms with Crippen LogP contribution in [0.2, 0.25) is 0 Å². The third kappa shape index (κ3) is 5.43. The van der Waals surface area contributed by atoms with Crippen LogP contribution in [0.4, 0.5) is 0 Å². The Morgan fingerprint density at radius 1 is 1.16 bits per heavy atom. The Labute approximate surface area is 150 Å². The number of carbonyl (C=O) groups is 1. The van der Waals surface area contributed by atoms with Gasteiger partial charge in [0.15, 0.2) is 11.5 Å². The maximum atomic E-state index is 12.5. The molecule has 0 radical (unpaired) electrons. The van der Waals surface area contributed by atoms with Crippen LogP contribution < -0.4 is 0 Å². The first-order valence-electron chi connectivity index (χ1n) is 8.83. The minimum absolute atomic E-state index is 0.0943. The predicted octanol–water partition coefficient (Wildman–Crippen LogP) is 3.47. The van der Waals surface area contributed by atoms with Crippen molar-refractivity contribution in [1.29, 1.82) is 0 Å². The van der Waals surface area contributed by atoms with Gasteiger partial charge in [-0.05, 0) is 31.9 Å². The van der Waals surface area contributed by atoms with Gasteiger partial charge in [0.05, 0.1) is 6.54 Å². The average molecular weight is 343 g/mol. The van der Waals surface area contributed by atoms with Crippen LogP contribution in [0.5, 0.6) is 0 Å². The summed E-state index contributed by atoms with van der Waals surface area (Å²) < 4.78 is 5.36. The van der Waals surface area contributed by atoms with Gasteiger partial charge in [-0.15, -0.1) is 0 Å². The molecule has 0 bridgehead atoms. The van der Waals surface area contributed by atoms with Crippen molar-refractivity contribution in [2.24, 2.45) is 5.92 Å². The molecule has 0 aliphatic carbocycles. The molecule has 1 aromatic heterocycles. The third-order valence-electron chi connectivity index (χ3n) is 4.72. The number of likely N-dealkylation sites (N-methyl/N-ethyl adjacent to an activating group) is 1. The second kappa shape index (κ2) is 8.81. The van der Waals surface area contributed by atoms with Gasteiger partial charge in [-0.3, -0.25) is 9.69 Å². The van der Waals surface area contributed by atoms with E-state index in [1.807, 2.05) is 27.1 Å². The fraction of sp³-hybridized carbons (Fsp3) is 0.500. The molecule has 0 spiro atoms. The third-order valence-corrected chi connectivity index (χ3v) is 4.72. The standard InChI is InChI=1S/C20H29N3O2/c1-15(2)16(3)23(5)20(24)19-13-18(25-21-19)14-22(4)12-11-17-9-7-6-8-10-17/h6-10,13,15-16H,11-12,14H2,1-5H3. The minimum Gasteiger partial charge on any atom is -0.359 e. The van der Waals surface area contributed by atoms with Crippen LogP contribution in [0.15, 0.2) is 40.9 Å². The molecule has 0 fully saturated rings. The van der Waals surface area contributed by atoms with Crippen LogP contribution in [0, 0.1) is 5.92 Å². The number of aromatic nitrogens is 1. The number of hydrogen-bond acceptors (Lipinski definition) is 4. The Morgan fingerprint density at radius 2 is 1.84 bits per heavy atom. The highest BCUT2D eigenvalue weighted by Gasteiger charge is 2.23. The summed E-state index contributed by atoms with van der Waals surface area (Å²) in [5, 5.41) is 3.96. The zero-order valence-electron chi connectivity index (χ0n) is 15.9. The van der Waals surface area contributed by atoms with Crippen molar-refractivity contribution in [2.75, 3.05) is 20.6 Å². The summed E-state index contributed by atoms with van der Waals surface area (Å²) in [5.74, 6) is 1.01. The van der Waals surface area contributed by atoms with E-state index in [2.05, 4.69) is 48.2 Å². The monoisotopic (exact) mass is 343 g/mol. The van der Waals surface area contributed by atoms with Crippen molar-refractivity contribution in [3.05, 3.63) is 53.4 Å². The molecule has 2 aromatic rings. The molecule has 0 N–H and O–H groups in total. The maximum absolute atomic E-state index is 12.5. The molecular formula is C20H29N3O2. The highest BCUT2D eigenvalue weighted by Crippen LogP contribution is 2.14. The van der Waals surface area contributed by atoms with Crippen LogP contribution in [-0.2, 0) is 13.0 Å². The lowest BCUT2D eigenvalue weighted by Crippen LogP contribution is -2.38. The van der Waals surface area contributed by atoms with E-state index in [0.29, 0.717) is 23.9 Å². The zero-order chi connectivity index (χ0) is 18.4. The average Bonchev–Trinajstić information content (AvgIpc) is 3.07.